The number of hydrogen-bond donors (Lipinski definition) is 3. The molecule has 3 N–H and O–H groups in total. The standard InChI is InChI=1S/C34H37N5O4/c1-21-26(11-7-12-27(21)38-31(40)22-14-16-23(17-15-22)34(2,3)4)28-20-39(5)33(42)30(37-28)35-24-9-6-10-25(19-24)36-32(41)29-13-8-18-43-29/h6-7,9-12,14-17,19-20,29H,8,13,18H2,1-5H3,(H,35,37)(H,36,41)(H,38,40)/t29-/m1/s1. The average molecular weight is 580 g/mol. The van der Waals surface area contributed by atoms with E-state index in [2.05, 4.69) is 41.7 Å². The number of benzene rings is 3. The molecule has 0 radical (unpaired) electrons. The van der Waals surface area contributed by atoms with E-state index >= 15 is 0 Å². The van der Waals surface area contributed by atoms with E-state index in [9.17, 15) is 14.4 Å². The highest BCUT2D eigenvalue weighted by molar-refractivity contribution is 6.05. The molecule has 0 unspecified atom stereocenters. The van der Waals surface area contributed by atoms with Crippen molar-refractivity contribution in [2.75, 3.05) is 22.6 Å². The second-order valence-electron chi connectivity index (χ2n) is 11.8. The average Bonchev–Trinajstić information content (AvgIpc) is 3.52. The zero-order valence-electron chi connectivity index (χ0n) is 25.2. The molecule has 1 aromatic heterocycles. The molecule has 222 valence electrons. The Morgan fingerprint density at radius 2 is 1.70 bits per heavy atom. The van der Waals surface area contributed by atoms with Gasteiger partial charge in [0, 0.05) is 48.0 Å². The quantitative estimate of drug-likeness (QED) is 0.241. The first-order valence-corrected chi connectivity index (χ1v) is 14.4. The summed E-state index contributed by atoms with van der Waals surface area (Å²) >= 11 is 0. The highest BCUT2D eigenvalue weighted by Crippen LogP contribution is 2.29. The van der Waals surface area contributed by atoms with Crippen molar-refractivity contribution in [2.45, 2.75) is 52.1 Å². The maximum Gasteiger partial charge on any atom is 0.293 e. The number of carbonyl (C=O) groups is 2. The first kappa shape index (κ1) is 29.7. The van der Waals surface area contributed by atoms with Gasteiger partial charge in [-0.2, -0.15) is 0 Å². The Labute approximate surface area is 251 Å². The second kappa shape index (κ2) is 12.2. The minimum Gasteiger partial charge on any atom is -0.368 e. The minimum absolute atomic E-state index is 0.000414. The molecule has 1 fully saturated rings. The maximum atomic E-state index is 13.1. The molecule has 1 aliphatic rings. The van der Waals surface area contributed by atoms with Crippen molar-refractivity contribution in [2.24, 2.45) is 7.05 Å². The van der Waals surface area contributed by atoms with E-state index in [1.165, 1.54) is 4.57 Å². The highest BCUT2D eigenvalue weighted by Gasteiger charge is 2.23. The molecular formula is C34H37N5O4. The van der Waals surface area contributed by atoms with Gasteiger partial charge in [-0.3, -0.25) is 14.4 Å². The van der Waals surface area contributed by atoms with Crippen molar-refractivity contribution < 1.29 is 14.3 Å². The predicted octanol–water partition coefficient (Wildman–Crippen LogP) is 6.17. The molecule has 1 saturated heterocycles. The molecule has 5 rings (SSSR count). The fourth-order valence-corrected chi connectivity index (χ4v) is 5.00. The van der Waals surface area contributed by atoms with Crippen molar-refractivity contribution >= 4 is 34.7 Å². The lowest BCUT2D eigenvalue weighted by Gasteiger charge is -2.19. The smallest absolute Gasteiger partial charge is 0.293 e. The molecule has 3 aromatic carbocycles. The van der Waals surface area contributed by atoms with E-state index in [-0.39, 0.29) is 28.6 Å². The summed E-state index contributed by atoms with van der Waals surface area (Å²) in [5.74, 6) is -0.256. The Morgan fingerprint density at radius 1 is 0.977 bits per heavy atom. The van der Waals surface area contributed by atoms with Gasteiger partial charge in [-0.1, -0.05) is 51.1 Å². The Bertz CT molecular complexity index is 1710. The lowest BCUT2D eigenvalue weighted by Crippen LogP contribution is -2.26. The molecule has 1 aliphatic heterocycles. The topological polar surface area (TPSA) is 114 Å². The maximum absolute atomic E-state index is 13.1. The second-order valence-corrected chi connectivity index (χ2v) is 11.8. The number of carbonyl (C=O) groups excluding carboxylic acids is 2. The fourth-order valence-electron chi connectivity index (χ4n) is 5.00. The van der Waals surface area contributed by atoms with E-state index in [1.54, 1.807) is 37.5 Å². The van der Waals surface area contributed by atoms with E-state index in [0.29, 0.717) is 41.3 Å². The molecule has 0 saturated carbocycles. The van der Waals surface area contributed by atoms with Gasteiger partial charge in [-0.25, -0.2) is 4.98 Å². The first-order chi connectivity index (χ1) is 20.5. The van der Waals surface area contributed by atoms with E-state index in [0.717, 1.165) is 23.1 Å². The fraction of sp³-hybridized carbons (Fsp3) is 0.294. The molecule has 9 heteroatoms. The van der Waals surface area contributed by atoms with Crippen LogP contribution in [-0.4, -0.2) is 34.1 Å². The van der Waals surface area contributed by atoms with Crippen LogP contribution in [0.25, 0.3) is 11.3 Å². The van der Waals surface area contributed by atoms with Crippen molar-refractivity contribution in [3.8, 4) is 11.3 Å². The van der Waals surface area contributed by atoms with Gasteiger partial charge < -0.3 is 25.3 Å². The molecule has 0 spiro atoms. The zero-order valence-corrected chi connectivity index (χ0v) is 25.2. The van der Waals surface area contributed by atoms with Gasteiger partial charge in [0.2, 0.25) is 0 Å². The SMILES string of the molecule is Cc1c(NC(=O)c2ccc(C(C)(C)C)cc2)cccc1-c1cn(C)c(=O)c(Nc2cccc(NC(=O)[C@H]3CCCO3)c2)n1. The Hall–Kier alpha value is -4.76. The van der Waals surface area contributed by atoms with Gasteiger partial charge in [0.1, 0.15) is 6.10 Å². The van der Waals surface area contributed by atoms with Crippen LogP contribution in [0.2, 0.25) is 0 Å². The first-order valence-electron chi connectivity index (χ1n) is 14.4. The van der Waals surface area contributed by atoms with Gasteiger partial charge in [-0.15, -0.1) is 0 Å². The number of hydrogen-bond acceptors (Lipinski definition) is 6. The zero-order chi connectivity index (χ0) is 30.7. The van der Waals surface area contributed by atoms with Gasteiger partial charge in [0.05, 0.1) is 5.69 Å². The monoisotopic (exact) mass is 579 g/mol. The normalized spacial score (nSPS) is 14.8. The molecule has 0 bridgehead atoms. The van der Waals surface area contributed by atoms with Crippen LogP contribution in [0.4, 0.5) is 22.9 Å². The number of nitrogens with zero attached hydrogens (tertiary/aromatic N) is 2. The summed E-state index contributed by atoms with van der Waals surface area (Å²) in [5.41, 5.74) is 5.42. The van der Waals surface area contributed by atoms with Crippen LogP contribution in [-0.2, 0) is 22.0 Å². The summed E-state index contributed by atoms with van der Waals surface area (Å²) in [7, 11) is 1.67. The largest absolute Gasteiger partial charge is 0.368 e. The van der Waals surface area contributed by atoms with Crippen LogP contribution in [0, 0.1) is 6.92 Å². The van der Waals surface area contributed by atoms with Crippen LogP contribution in [0.5, 0.6) is 0 Å². The summed E-state index contributed by atoms with van der Waals surface area (Å²) in [6.45, 7) is 8.90. The summed E-state index contributed by atoms with van der Waals surface area (Å²) < 4.78 is 6.94. The van der Waals surface area contributed by atoms with Crippen LogP contribution in [0.3, 0.4) is 0 Å². The van der Waals surface area contributed by atoms with Crippen molar-refractivity contribution in [1.29, 1.82) is 0 Å². The molecule has 2 amide bonds. The molecular weight excluding hydrogens is 542 g/mol. The van der Waals surface area contributed by atoms with Crippen molar-refractivity contribution in [1.82, 2.24) is 9.55 Å². The lowest BCUT2D eigenvalue weighted by atomic mass is 9.86. The van der Waals surface area contributed by atoms with Gasteiger partial charge in [-0.05, 0) is 72.7 Å². The molecule has 43 heavy (non-hydrogen) atoms. The van der Waals surface area contributed by atoms with E-state index < -0.39 is 6.10 Å². The van der Waals surface area contributed by atoms with Crippen molar-refractivity contribution in [3.05, 3.63) is 100.0 Å². The number of anilines is 4. The van der Waals surface area contributed by atoms with E-state index in [1.807, 2.05) is 49.4 Å². The Morgan fingerprint density at radius 3 is 2.40 bits per heavy atom. The van der Waals surface area contributed by atoms with Gasteiger partial charge >= 0.3 is 0 Å². The molecule has 9 nitrogen and oxygen atoms in total. The third-order valence-corrected chi connectivity index (χ3v) is 7.56. The molecule has 1 atom stereocenters. The van der Waals surface area contributed by atoms with Crippen LogP contribution in [0.1, 0.15) is 55.1 Å². The van der Waals surface area contributed by atoms with Crippen LogP contribution < -0.4 is 21.5 Å². The Kier molecular flexibility index (Phi) is 8.45. The number of nitrogens with one attached hydrogen (secondary N) is 3. The predicted molar refractivity (Wildman–Crippen MR) is 170 cm³/mol. The third-order valence-electron chi connectivity index (χ3n) is 7.56. The minimum atomic E-state index is -0.444. The lowest BCUT2D eigenvalue weighted by molar-refractivity contribution is -0.124. The molecule has 4 aromatic rings. The van der Waals surface area contributed by atoms with Gasteiger partial charge in [0.25, 0.3) is 17.4 Å². The number of rotatable bonds is 7. The number of ether oxygens (including phenoxy) is 1. The number of amides is 2. The number of aryl methyl sites for hydroxylation is 1. The molecule has 2 heterocycles. The summed E-state index contributed by atoms with van der Waals surface area (Å²) in [6.07, 6.45) is 2.79. The van der Waals surface area contributed by atoms with Crippen LogP contribution >= 0.6 is 0 Å². The van der Waals surface area contributed by atoms with Crippen LogP contribution in [0.15, 0.2) is 77.7 Å². The van der Waals surface area contributed by atoms with E-state index in [4.69, 9.17) is 4.74 Å². The number of aromatic nitrogens is 2. The third kappa shape index (κ3) is 6.84. The Balaban J connectivity index is 1.37. The van der Waals surface area contributed by atoms with Gasteiger partial charge in [0.15, 0.2) is 5.82 Å². The summed E-state index contributed by atoms with van der Waals surface area (Å²) in [5, 5.41) is 9.02. The summed E-state index contributed by atoms with van der Waals surface area (Å²) in [4.78, 5) is 43.3. The van der Waals surface area contributed by atoms with Crippen molar-refractivity contribution in [3.63, 3.8) is 0 Å². The molecule has 0 aliphatic carbocycles. The highest BCUT2D eigenvalue weighted by atomic mass is 16.5. The summed E-state index contributed by atoms with van der Waals surface area (Å²) in [6, 6.07) is 20.3.